The van der Waals surface area contributed by atoms with Crippen LogP contribution in [0.4, 0.5) is 0 Å². The van der Waals surface area contributed by atoms with Crippen LogP contribution in [0.2, 0.25) is 0 Å². The highest BCUT2D eigenvalue weighted by molar-refractivity contribution is 6.02. The van der Waals surface area contributed by atoms with Crippen LogP contribution >= 0.6 is 0 Å². The van der Waals surface area contributed by atoms with Crippen LogP contribution in [0.15, 0.2) is 47.6 Å². The molecule has 2 rings (SSSR count). The first-order valence-corrected chi connectivity index (χ1v) is 6.80. The number of rotatable bonds is 4. The Hall–Kier alpha value is -2.82. The van der Waals surface area contributed by atoms with Gasteiger partial charge in [0.2, 0.25) is 0 Å². The number of hydrogen-bond acceptors (Lipinski definition) is 4. The summed E-state index contributed by atoms with van der Waals surface area (Å²) in [4.78, 5) is 12.0. The van der Waals surface area contributed by atoms with Gasteiger partial charge in [-0.3, -0.25) is 4.79 Å². The molecule has 0 radical (unpaired) electrons. The van der Waals surface area contributed by atoms with Gasteiger partial charge in [-0.15, -0.1) is 0 Å². The Morgan fingerprint density at radius 3 is 2.50 bits per heavy atom. The number of benzene rings is 2. The van der Waals surface area contributed by atoms with Gasteiger partial charge in [0.25, 0.3) is 5.91 Å². The van der Waals surface area contributed by atoms with Crippen molar-refractivity contribution in [2.24, 2.45) is 5.10 Å². The van der Waals surface area contributed by atoms with Gasteiger partial charge in [0.1, 0.15) is 11.5 Å². The number of ether oxygens (including phenoxy) is 1. The number of nitrogens with one attached hydrogen (secondary N) is 1. The lowest BCUT2D eigenvalue weighted by Crippen LogP contribution is -2.19. The van der Waals surface area contributed by atoms with E-state index in [0.717, 1.165) is 5.56 Å². The molecule has 0 saturated heterocycles. The van der Waals surface area contributed by atoms with Gasteiger partial charge in [0.05, 0.1) is 12.8 Å². The van der Waals surface area contributed by atoms with Crippen molar-refractivity contribution in [2.45, 2.75) is 13.8 Å². The topological polar surface area (TPSA) is 70.9 Å². The number of aromatic hydroxyl groups is 1. The average molecular weight is 298 g/mol. The number of aryl methyl sites for hydroxylation is 1. The number of carbonyl (C=O) groups is 1. The molecule has 0 saturated carbocycles. The minimum Gasteiger partial charge on any atom is -0.507 e. The Balaban J connectivity index is 2.15. The summed E-state index contributed by atoms with van der Waals surface area (Å²) in [5, 5.41) is 13.9. The molecule has 0 aliphatic carbocycles. The van der Waals surface area contributed by atoms with Gasteiger partial charge in [-0.05, 0) is 44.2 Å². The Labute approximate surface area is 129 Å². The summed E-state index contributed by atoms with van der Waals surface area (Å²) < 4.78 is 5.11. The van der Waals surface area contributed by atoms with Crippen molar-refractivity contribution < 1.29 is 14.6 Å². The predicted molar refractivity (Wildman–Crippen MR) is 85.5 cm³/mol. The maximum atomic E-state index is 12.0. The van der Waals surface area contributed by atoms with E-state index in [2.05, 4.69) is 10.5 Å². The largest absolute Gasteiger partial charge is 0.507 e. The lowest BCUT2D eigenvalue weighted by molar-refractivity contribution is 0.0955. The second-order valence-corrected chi connectivity index (χ2v) is 4.89. The molecule has 0 aliphatic rings. The molecule has 0 atom stereocenters. The highest BCUT2D eigenvalue weighted by Gasteiger charge is 2.08. The minimum absolute atomic E-state index is 0.0756. The summed E-state index contributed by atoms with van der Waals surface area (Å²) in [6.07, 6.45) is 0. The van der Waals surface area contributed by atoms with E-state index in [0.29, 0.717) is 22.6 Å². The number of hydrogen-bond donors (Lipinski definition) is 2. The molecule has 0 spiro atoms. The molecule has 2 aromatic carbocycles. The van der Waals surface area contributed by atoms with Gasteiger partial charge in [-0.1, -0.05) is 17.7 Å². The van der Waals surface area contributed by atoms with Crippen LogP contribution in [0, 0.1) is 6.92 Å². The number of hydrazone groups is 1. The highest BCUT2D eigenvalue weighted by Crippen LogP contribution is 2.23. The smallest absolute Gasteiger partial charge is 0.271 e. The summed E-state index contributed by atoms with van der Waals surface area (Å²) >= 11 is 0. The molecule has 5 heteroatoms. The number of carbonyl (C=O) groups excluding carboxylic acids is 1. The zero-order valence-electron chi connectivity index (χ0n) is 12.8. The number of methoxy groups -OCH3 is 1. The van der Waals surface area contributed by atoms with Gasteiger partial charge in [0, 0.05) is 11.1 Å². The first-order chi connectivity index (χ1) is 10.5. The van der Waals surface area contributed by atoms with Crippen LogP contribution in [-0.2, 0) is 0 Å². The third-order valence-corrected chi connectivity index (χ3v) is 3.23. The van der Waals surface area contributed by atoms with E-state index in [1.54, 1.807) is 38.3 Å². The van der Waals surface area contributed by atoms with E-state index in [-0.39, 0.29) is 11.7 Å². The molecule has 0 heterocycles. The van der Waals surface area contributed by atoms with Crippen molar-refractivity contribution in [3.63, 3.8) is 0 Å². The summed E-state index contributed by atoms with van der Waals surface area (Å²) in [5.41, 5.74) is 5.07. The first-order valence-electron chi connectivity index (χ1n) is 6.80. The van der Waals surface area contributed by atoms with E-state index >= 15 is 0 Å². The second kappa shape index (κ2) is 6.76. The number of phenolic OH excluding ortho intramolecular Hbond substituents is 1. The quantitative estimate of drug-likeness (QED) is 0.673. The SMILES string of the molecule is COc1ccc(O)c(C(C)=NNC(=O)c2ccc(C)cc2)c1. The van der Waals surface area contributed by atoms with Crippen LogP contribution in [0.25, 0.3) is 0 Å². The normalized spacial score (nSPS) is 11.1. The third kappa shape index (κ3) is 3.63. The van der Waals surface area contributed by atoms with Crippen LogP contribution in [-0.4, -0.2) is 23.8 Å². The fourth-order valence-corrected chi connectivity index (χ4v) is 1.90. The molecule has 2 N–H and O–H groups in total. The Kier molecular flexibility index (Phi) is 4.78. The zero-order valence-corrected chi connectivity index (χ0v) is 12.8. The molecule has 114 valence electrons. The minimum atomic E-state index is -0.304. The van der Waals surface area contributed by atoms with E-state index in [1.807, 2.05) is 19.1 Å². The Morgan fingerprint density at radius 2 is 1.86 bits per heavy atom. The van der Waals surface area contributed by atoms with Gasteiger partial charge < -0.3 is 9.84 Å². The zero-order chi connectivity index (χ0) is 16.1. The monoisotopic (exact) mass is 298 g/mol. The lowest BCUT2D eigenvalue weighted by Gasteiger charge is -2.07. The summed E-state index contributed by atoms with van der Waals surface area (Å²) in [6.45, 7) is 3.65. The molecule has 0 fully saturated rings. The fourth-order valence-electron chi connectivity index (χ4n) is 1.90. The van der Waals surface area contributed by atoms with Crippen molar-refractivity contribution in [3.05, 3.63) is 59.2 Å². The molecule has 2 aromatic rings. The van der Waals surface area contributed by atoms with Crippen molar-refractivity contribution in [2.75, 3.05) is 7.11 Å². The molecule has 0 unspecified atom stereocenters. The van der Waals surface area contributed by atoms with Crippen LogP contribution in [0.5, 0.6) is 11.5 Å². The Morgan fingerprint density at radius 1 is 1.18 bits per heavy atom. The summed E-state index contributed by atoms with van der Waals surface area (Å²) in [5.74, 6) is 0.376. The first kappa shape index (κ1) is 15.6. The van der Waals surface area contributed by atoms with Crippen molar-refractivity contribution in [1.29, 1.82) is 0 Å². The number of nitrogens with zero attached hydrogens (tertiary/aromatic N) is 1. The molecule has 1 amide bonds. The highest BCUT2D eigenvalue weighted by atomic mass is 16.5. The maximum Gasteiger partial charge on any atom is 0.271 e. The summed E-state index contributed by atoms with van der Waals surface area (Å²) in [7, 11) is 1.54. The van der Waals surface area contributed by atoms with Gasteiger partial charge >= 0.3 is 0 Å². The molecule has 5 nitrogen and oxygen atoms in total. The standard InChI is InChI=1S/C17H18N2O3/c1-11-4-6-13(7-5-11)17(21)19-18-12(2)15-10-14(22-3)8-9-16(15)20/h4-10,20H,1-3H3,(H,19,21). The fraction of sp³-hybridized carbons (Fsp3) is 0.176. The molecular formula is C17H18N2O3. The van der Waals surface area contributed by atoms with E-state index < -0.39 is 0 Å². The van der Waals surface area contributed by atoms with E-state index in [9.17, 15) is 9.90 Å². The summed E-state index contributed by atoms with van der Waals surface area (Å²) in [6, 6.07) is 12.0. The molecule has 22 heavy (non-hydrogen) atoms. The van der Waals surface area contributed by atoms with Crippen LogP contribution in [0.1, 0.15) is 28.4 Å². The third-order valence-electron chi connectivity index (χ3n) is 3.23. The molecule has 0 aliphatic heterocycles. The Bertz CT molecular complexity index is 706. The number of phenols is 1. The average Bonchev–Trinajstić information content (AvgIpc) is 2.53. The van der Waals surface area contributed by atoms with Crippen molar-refractivity contribution in [1.82, 2.24) is 5.43 Å². The van der Waals surface area contributed by atoms with Gasteiger partial charge in [0.15, 0.2) is 0 Å². The van der Waals surface area contributed by atoms with Crippen LogP contribution in [0.3, 0.4) is 0 Å². The second-order valence-electron chi connectivity index (χ2n) is 4.89. The van der Waals surface area contributed by atoms with E-state index in [1.165, 1.54) is 6.07 Å². The predicted octanol–water partition coefficient (Wildman–Crippen LogP) is 2.86. The van der Waals surface area contributed by atoms with Gasteiger partial charge in [-0.25, -0.2) is 5.43 Å². The van der Waals surface area contributed by atoms with Gasteiger partial charge in [-0.2, -0.15) is 5.10 Å². The number of amides is 1. The maximum absolute atomic E-state index is 12.0. The molecule has 0 bridgehead atoms. The molecular weight excluding hydrogens is 280 g/mol. The molecule has 0 aromatic heterocycles. The lowest BCUT2D eigenvalue weighted by atomic mass is 10.1. The van der Waals surface area contributed by atoms with E-state index in [4.69, 9.17) is 4.74 Å². The van der Waals surface area contributed by atoms with Crippen molar-refractivity contribution in [3.8, 4) is 11.5 Å². The van der Waals surface area contributed by atoms with Crippen molar-refractivity contribution >= 4 is 11.6 Å². The van der Waals surface area contributed by atoms with Crippen LogP contribution < -0.4 is 10.2 Å².